The number of rotatable bonds is 10. The number of nitrogens with one attached hydrogen (secondary N) is 1. The number of nitrogens with zero attached hydrogens (tertiary/aromatic N) is 3. The van der Waals surface area contributed by atoms with Crippen LogP contribution in [0.2, 0.25) is 0 Å². The third kappa shape index (κ3) is 6.85. The van der Waals surface area contributed by atoms with E-state index >= 15 is 0 Å². The highest BCUT2D eigenvalue weighted by Crippen LogP contribution is 2.22. The van der Waals surface area contributed by atoms with Crippen molar-refractivity contribution in [3.8, 4) is 5.75 Å². The highest BCUT2D eigenvalue weighted by Gasteiger charge is 2.16. The van der Waals surface area contributed by atoms with Gasteiger partial charge in [-0.15, -0.1) is 10.2 Å². The van der Waals surface area contributed by atoms with Crippen LogP contribution < -0.4 is 10.1 Å². The van der Waals surface area contributed by atoms with Crippen molar-refractivity contribution < 1.29 is 9.53 Å². The molecule has 0 unspecified atom stereocenters. The number of thioether (sulfide) groups is 1. The van der Waals surface area contributed by atoms with Gasteiger partial charge in [0.15, 0.2) is 11.0 Å². The van der Waals surface area contributed by atoms with Crippen LogP contribution in [0, 0.1) is 19.8 Å². The van der Waals surface area contributed by atoms with Gasteiger partial charge in [0.1, 0.15) is 12.4 Å². The molecule has 0 aliphatic rings. The Balaban J connectivity index is 1.65. The number of carbonyl (C=O) groups excluding carboxylic acids is 1. The SMILES string of the molecule is Cc1ccc(C)c(NC(=O)CSc2nnc(COc3ccccc3)n2CCC(C)C)c1. The van der Waals surface area contributed by atoms with Crippen molar-refractivity contribution in [3.63, 3.8) is 0 Å². The maximum atomic E-state index is 12.5. The molecule has 1 aromatic heterocycles. The fraction of sp³-hybridized carbons (Fsp3) is 0.375. The lowest BCUT2D eigenvalue weighted by atomic mass is 10.1. The molecule has 0 radical (unpaired) electrons. The number of anilines is 1. The minimum atomic E-state index is -0.0563. The first-order valence-electron chi connectivity index (χ1n) is 10.5. The van der Waals surface area contributed by atoms with Crippen molar-refractivity contribution in [2.24, 2.45) is 5.92 Å². The minimum Gasteiger partial charge on any atom is -0.486 e. The summed E-state index contributed by atoms with van der Waals surface area (Å²) in [7, 11) is 0. The Morgan fingerprint density at radius 1 is 1.13 bits per heavy atom. The highest BCUT2D eigenvalue weighted by molar-refractivity contribution is 7.99. The number of benzene rings is 2. The Kier molecular flexibility index (Phi) is 8.12. The molecule has 3 aromatic rings. The van der Waals surface area contributed by atoms with Crippen molar-refractivity contribution in [1.82, 2.24) is 14.8 Å². The van der Waals surface area contributed by atoms with Gasteiger partial charge < -0.3 is 14.6 Å². The highest BCUT2D eigenvalue weighted by atomic mass is 32.2. The van der Waals surface area contributed by atoms with Gasteiger partial charge in [0.2, 0.25) is 5.91 Å². The van der Waals surface area contributed by atoms with E-state index < -0.39 is 0 Å². The van der Waals surface area contributed by atoms with E-state index in [0.29, 0.717) is 12.5 Å². The summed E-state index contributed by atoms with van der Waals surface area (Å²) in [4.78, 5) is 12.5. The van der Waals surface area contributed by atoms with E-state index in [4.69, 9.17) is 4.74 Å². The van der Waals surface area contributed by atoms with Gasteiger partial charge >= 0.3 is 0 Å². The molecular weight excluding hydrogens is 408 g/mol. The molecule has 164 valence electrons. The lowest BCUT2D eigenvalue weighted by Crippen LogP contribution is -2.16. The summed E-state index contributed by atoms with van der Waals surface area (Å²) in [5, 5.41) is 12.4. The maximum Gasteiger partial charge on any atom is 0.234 e. The largest absolute Gasteiger partial charge is 0.486 e. The molecular formula is C24H30N4O2S. The fourth-order valence-corrected chi connectivity index (χ4v) is 3.78. The molecule has 0 saturated carbocycles. The topological polar surface area (TPSA) is 69.0 Å². The molecule has 0 fully saturated rings. The van der Waals surface area contributed by atoms with Crippen LogP contribution in [0.4, 0.5) is 5.69 Å². The first-order chi connectivity index (χ1) is 14.9. The quantitative estimate of drug-likeness (QED) is 0.438. The molecule has 1 N–H and O–H groups in total. The number of hydrogen-bond donors (Lipinski definition) is 1. The third-order valence-corrected chi connectivity index (χ3v) is 5.80. The molecule has 7 heteroatoms. The second-order valence-electron chi connectivity index (χ2n) is 7.99. The zero-order valence-corrected chi connectivity index (χ0v) is 19.4. The summed E-state index contributed by atoms with van der Waals surface area (Å²) >= 11 is 1.40. The zero-order valence-electron chi connectivity index (χ0n) is 18.6. The first kappa shape index (κ1) is 22.9. The summed E-state index contributed by atoms with van der Waals surface area (Å²) in [5.41, 5.74) is 3.01. The van der Waals surface area contributed by atoms with E-state index in [9.17, 15) is 4.79 Å². The van der Waals surface area contributed by atoms with Crippen LogP contribution in [0.1, 0.15) is 37.2 Å². The van der Waals surface area contributed by atoms with Crippen LogP contribution in [-0.4, -0.2) is 26.4 Å². The van der Waals surface area contributed by atoms with Crippen molar-refractivity contribution in [2.75, 3.05) is 11.1 Å². The lowest BCUT2D eigenvalue weighted by Gasteiger charge is -2.13. The average molecular weight is 439 g/mol. The molecule has 2 aromatic carbocycles. The average Bonchev–Trinajstić information content (AvgIpc) is 3.14. The van der Waals surface area contributed by atoms with E-state index in [0.717, 1.165) is 46.5 Å². The monoisotopic (exact) mass is 438 g/mol. The van der Waals surface area contributed by atoms with Crippen molar-refractivity contribution >= 4 is 23.4 Å². The van der Waals surface area contributed by atoms with Gasteiger partial charge in [0.05, 0.1) is 5.75 Å². The Bertz CT molecular complexity index is 1000. The summed E-state index contributed by atoms with van der Waals surface area (Å²) in [6.07, 6.45) is 0.999. The van der Waals surface area contributed by atoms with Crippen LogP contribution >= 0.6 is 11.8 Å². The molecule has 1 heterocycles. The van der Waals surface area contributed by atoms with Crippen molar-refractivity contribution in [3.05, 3.63) is 65.5 Å². The van der Waals surface area contributed by atoms with Crippen LogP contribution in [0.25, 0.3) is 0 Å². The maximum absolute atomic E-state index is 12.5. The molecule has 31 heavy (non-hydrogen) atoms. The molecule has 0 atom stereocenters. The number of carbonyl (C=O) groups is 1. The van der Waals surface area contributed by atoms with Crippen molar-refractivity contribution in [2.45, 2.75) is 52.4 Å². The molecule has 1 amide bonds. The van der Waals surface area contributed by atoms with Crippen LogP contribution in [0.15, 0.2) is 53.7 Å². The predicted molar refractivity (Wildman–Crippen MR) is 126 cm³/mol. The number of para-hydroxylation sites is 1. The van der Waals surface area contributed by atoms with Gasteiger partial charge in [-0.3, -0.25) is 4.79 Å². The van der Waals surface area contributed by atoms with Gasteiger partial charge in [-0.1, -0.05) is 55.9 Å². The number of aromatic nitrogens is 3. The second kappa shape index (κ2) is 11.0. The van der Waals surface area contributed by atoms with E-state index in [-0.39, 0.29) is 11.7 Å². The van der Waals surface area contributed by atoms with Crippen molar-refractivity contribution in [1.29, 1.82) is 0 Å². The summed E-state index contributed by atoms with van der Waals surface area (Å²) < 4.78 is 7.94. The standard InChI is InChI=1S/C24H30N4O2S/c1-17(2)12-13-28-22(15-30-20-8-6-5-7-9-20)26-27-24(28)31-16-23(29)25-21-14-18(3)10-11-19(21)4/h5-11,14,17H,12-13,15-16H2,1-4H3,(H,25,29). The number of amides is 1. The van der Waals surface area contributed by atoms with Gasteiger partial charge in [0, 0.05) is 12.2 Å². The van der Waals surface area contributed by atoms with E-state index in [1.54, 1.807) is 0 Å². The Morgan fingerprint density at radius 3 is 2.65 bits per heavy atom. The molecule has 3 rings (SSSR count). The fourth-order valence-electron chi connectivity index (χ4n) is 3.00. The Morgan fingerprint density at radius 2 is 1.90 bits per heavy atom. The Hall–Kier alpha value is -2.80. The van der Waals surface area contributed by atoms with Gasteiger partial charge in [0.25, 0.3) is 0 Å². The molecule has 0 aliphatic heterocycles. The minimum absolute atomic E-state index is 0.0563. The third-order valence-electron chi connectivity index (χ3n) is 4.83. The van der Waals surface area contributed by atoms with E-state index in [1.165, 1.54) is 11.8 Å². The van der Waals surface area contributed by atoms with Crippen LogP contribution in [-0.2, 0) is 17.9 Å². The van der Waals surface area contributed by atoms with Gasteiger partial charge in [-0.05, 0) is 55.5 Å². The molecule has 0 saturated heterocycles. The number of aryl methyl sites for hydroxylation is 2. The van der Waals surface area contributed by atoms with Gasteiger partial charge in [-0.2, -0.15) is 0 Å². The Labute approximate surface area is 188 Å². The number of hydrogen-bond acceptors (Lipinski definition) is 5. The first-order valence-corrected chi connectivity index (χ1v) is 11.5. The molecule has 0 aliphatic carbocycles. The summed E-state index contributed by atoms with van der Waals surface area (Å²) in [6, 6.07) is 15.7. The van der Waals surface area contributed by atoms with Gasteiger partial charge in [-0.25, -0.2) is 0 Å². The summed E-state index contributed by atoms with van der Waals surface area (Å²) in [6.45, 7) is 9.51. The lowest BCUT2D eigenvalue weighted by molar-refractivity contribution is -0.113. The van der Waals surface area contributed by atoms with Crippen LogP contribution in [0.5, 0.6) is 5.75 Å². The second-order valence-corrected chi connectivity index (χ2v) is 8.93. The normalized spacial score (nSPS) is 11.0. The zero-order chi connectivity index (χ0) is 22.2. The van der Waals surface area contributed by atoms with Crippen LogP contribution in [0.3, 0.4) is 0 Å². The molecule has 0 bridgehead atoms. The van der Waals surface area contributed by atoms with E-state index in [1.807, 2.05) is 62.4 Å². The predicted octanol–water partition coefficient (Wildman–Crippen LogP) is 5.25. The smallest absolute Gasteiger partial charge is 0.234 e. The molecule has 6 nitrogen and oxygen atoms in total. The number of ether oxygens (including phenoxy) is 1. The summed E-state index contributed by atoms with van der Waals surface area (Å²) in [5.74, 6) is 2.33. The van der Waals surface area contributed by atoms with E-state index in [2.05, 4.69) is 33.9 Å². The molecule has 0 spiro atoms.